The molecule has 3 heterocycles. The largest absolute Gasteiger partial charge is 0.437 e. The second-order valence-electron chi connectivity index (χ2n) is 8.64. The lowest BCUT2D eigenvalue weighted by Gasteiger charge is -2.12. The third kappa shape index (κ3) is 2.96. The van der Waals surface area contributed by atoms with Crippen LogP contribution in [0.25, 0.3) is 55.0 Å². The van der Waals surface area contributed by atoms with E-state index in [0.29, 0.717) is 33.4 Å². The second-order valence-corrected chi connectivity index (χ2v) is 8.64. The van der Waals surface area contributed by atoms with Crippen molar-refractivity contribution in [1.82, 2.24) is 4.98 Å². The minimum atomic E-state index is -2.51. The molecule has 0 aliphatic heterocycles. The van der Waals surface area contributed by atoms with Crippen LogP contribution in [0.5, 0.6) is 0 Å². The average Bonchev–Trinajstić information content (AvgIpc) is 3.23. The molecule has 0 aliphatic carbocycles. The van der Waals surface area contributed by atoms with Gasteiger partial charge in [0.15, 0.2) is 11.8 Å². The monoisotopic (exact) mass is 438 g/mol. The maximum atomic E-state index is 8.56. The Morgan fingerprint density at radius 2 is 1.88 bits per heavy atom. The summed E-state index contributed by atoms with van der Waals surface area (Å²) in [4.78, 5) is 4.73. The molecule has 33 heavy (non-hydrogen) atoms. The SMILES string of the molecule is [2H]C([2H])([2H])c1cc2c(oc3nc4ccccc4cc32)c(-c2c3ccc(C([2H])(C)C([2H])([2H])[2H])cc3cc[n+]2C)c1C. The van der Waals surface area contributed by atoms with Crippen LogP contribution in [-0.4, -0.2) is 4.98 Å². The summed E-state index contributed by atoms with van der Waals surface area (Å²) in [7, 11) is 1.88. The van der Waals surface area contributed by atoms with Gasteiger partial charge in [0.1, 0.15) is 7.05 Å². The van der Waals surface area contributed by atoms with Crippen molar-refractivity contribution in [3.63, 3.8) is 0 Å². The average molecular weight is 439 g/mol. The highest BCUT2D eigenvalue weighted by Crippen LogP contribution is 2.41. The first-order chi connectivity index (χ1) is 18.7. The molecule has 6 rings (SSSR count). The normalized spacial score (nSPS) is 17.7. The number of hydrogen-bond acceptors (Lipinski definition) is 2. The van der Waals surface area contributed by atoms with Crippen molar-refractivity contribution in [3.8, 4) is 11.3 Å². The Bertz CT molecular complexity index is 1990. The molecule has 0 amide bonds. The molecule has 1 atom stereocenters. The Balaban J connectivity index is 1.73. The van der Waals surface area contributed by atoms with E-state index in [4.69, 9.17) is 19.0 Å². The van der Waals surface area contributed by atoms with E-state index in [2.05, 4.69) is 0 Å². The van der Waals surface area contributed by atoms with E-state index < -0.39 is 19.6 Å². The van der Waals surface area contributed by atoms with Gasteiger partial charge in [-0.15, -0.1) is 0 Å². The Kier molecular flexibility index (Phi) is 2.97. The van der Waals surface area contributed by atoms with Gasteiger partial charge in [0.05, 0.1) is 16.5 Å². The number of hydrogen-bond donors (Lipinski definition) is 0. The van der Waals surface area contributed by atoms with Gasteiger partial charge < -0.3 is 4.42 Å². The number of rotatable bonds is 2. The topological polar surface area (TPSA) is 29.9 Å². The molecule has 0 saturated carbocycles. The summed E-state index contributed by atoms with van der Waals surface area (Å²) in [6.45, 7) is -1.70. The van der Waals surface area contributed by atoms with Crippen LogP contribution in [0.2, 0.25) is 0 Å². The van der Waals surface area contributed by atoms with E-state index >= 15 is 0 Å². The molecule has 0 aliphatic rings. The summed E-state index contributed by atoms with van der Waals surface area (Å²) < 4.78 is 65.4. The van der Waals surface area contributed by atoms with Crippen LogP contribution in [0.1, 0.15) is 46.0 Å². The van der Waals surface area contributed by atoms with Crippen LogP contribution in [0.3, 0.4) is 0 Å². The van der Waals surface area contributed by atoms with Crippen LogP contribution < -0.4 is 4.57 Å². The Hall–Kier alpha value is -3.72. The highest BCUT2D eigenvalue weighted by atomic mass is 16.3. The lowest BCUT2D eigenvalue weighted by Crippen LogP contribution is -2.31. The summed E-state index contributed by atoms with van der Waals surface area (Å²) in [6, 6.07) is 18.4. The van der Waals surface area contributed by atoms with Crippen LogP contribution in [0.4, 0.5) is 0 Å². The molecule has 0 fully saturated rings. The van der Waals surface area contributed by atoms with E-state index in [0.717, 1.165) is 32.8 Å². The van der Waals surface area contributed by atoms with Gasteiger partial charge >= 0.3 is 0 Å². The van der Waals surface area contributed by atoms with Crippen molar-refractivity contribution >= 4 is 43.7 Å². The lowest BCUT2D eigenvalue weighted by atomic mass is 9.92. The molecular formula is C30H27N2O+. The predicted molar refractivity (Wildman–Crippen MR) is 137 cm³/mol. The predicted octanol–water partition coefficient (Wildman–Crippen LogP) is 7.52. The van der Waals surface area contributed by atoms with Gasteiger partial charge in [-0.05, 0) is 66.0 Å². The number of aromatic nitrogens is 2. The molecule has 0 bridgehead atoms. The van der Waals surface area contributed by atoms with Gasteiger partial charge in [-0.25, -0.2) is 9.55 Å². The summed E-state index contributed by atoms with van der Waals surface area (Å²) in [6.07, 6.45) is 1.85. The van der Waals surface area contributed by atoms with E-state index in [-0.39, 0.29) is 5.56 Å². The highest BCUT2D eigenvalue weighted by Gasteiger charge is 2.25. The summed E-state index contributed by atoms with van der Waals surface area (Å²) in [5.74, 6) is -1.80. The Morgan fingerprint density at radius 1 is 1.00 bits per heavy atom. The molecule has 0 spiro atoms. The van der Waals surface area contributed by atoms with Gasteiger partial charge in [-0.1, -0.05) is 44.1 Å². The van der Waals surface area contributed by atoms with Gasteiger partial charge in [0.2, 0.25) is 11.4 Å². The van der Waals surface area contributed by atoms with Crippen LogP contribution >= 0.6 is 0 Å². The number of aryl methyl sites for hydroxylation is 2. The smallest absolute Gasteiger partial charge is 0.227 e. The molecular weight excluding hydrogens is 404 g/mol. The first-order valence-corrected chi connectivity index (χ1v) is 10.9. The fraction of sp³-hybridized carbons (Fsp3) is 0.200. The first kappa shape index (κ1) is 13.7. The third-order valence-electron chi connectivity index (χ3n) is 6.52. The number of fused-ring (bicyclic) bond motifs is 5. The van der Waals surface area contributed by atoms with Crippen LogP contribution in [-0.2, 0) is 7.05 Å². The van der Waals surface area contributed by atoms with Gasteiger partial charge in [0, 0.05) is 31.8 Å². The number of benzene rings is 3. The first-order valence-electron chi connectivity index (χ1n) is 14.4. The Labute approximate surface area is 203 Å². The van der Waals surface area contributed by atoms with E-state index in [1.54, 1.807) is 31.2 Å². The van der Waals surface area contributed by atoms with E-state index in [1.165, 1.54) is 6.92 Å². The minimum absolute atomic E-state index is 0.223. The zero-order valence-corrected chi connectivity index (χ0v) is 18.7. The van der Waals surface area contributed by atoms with Crippen molar-refractivity contribution < 1.29 is 18.6 Å². The fourth-order valence-corrected chi connectivity index (χ4v) is 4.73. The molecule has 162 valence electrons. The van der Waals surface area contributed by atoms with Crippen LogP contribution in [0.15, 0.2) is 71.3 Å². The van der Waals surface area contributed by atoms with Crippen LogP contribution in [0, 0.1) is 13.8 Å². The number of nitrogens with zero attached hydrogens (tertiary/aromatic N) is 2. The quantitative estimate of drug-likeness (QED) is 0.262. The molecule has 1 unspecified atom stereocenters. The summed E-state index contributed by atoms with van der Waals surface area (Å²) >= 11 is 0. The number of para-hydroxylation sites is 1. The van der Waals surface area contributed by atoms with Gasteiger partial charge in [-0.3, -0.25) is 0 Å². The van der Waals surface area contributed by atoms with Gasteiger partial charge in [-0.2, -0.15) is 0 Å². The third-order valence-corrected chi connectivity index (χ3v) is 6.52. The standard InChI is InChI=1S/C30H27N2O/c1-17(2)20-10-11-23-21(15-20)12-13-32(5)28(23)27-19(4)18(3)14-24-25-16-22-8-6-7-9-26(22)31-30(25)33-29(24)27/h6-17H,1-5H3/q+1/i1D3,3D3,17D. The molecule has 3 aromatic heterocycles. The van der Waals surface area contributed by atoms with Crippen molar-refractivity contribution in [2.45, 2.75) is 33.4 Å². The Morgan fingerprint density at radius 3 is 2.73 bits per heavy atom. The lowest BCUT2D eigenvalue weighted by molar-refractivity contribution is -0.659. The molecule has 0 N–H and O–H groups in total. The van der Waals surface area contributed by atoms with E-state index in [9.17, 15) is 0 Å². The molecule has 6 aromatic rings. The molecule has 3 aromatic carbocycles. The van der Waals surface area contributed by atoms with E-state index in [1.807, 2.05) is 54.2 Å². The molecule has 0 saturated heterocycles. The second kappa shape index (κ2) is 7.14. The number of pyridine rings is 2. The van der Waals surface area contributed by atoms with Crippen molar-refractivity contribution in [3.05, 3.63) is 83.6 Å². The zero-order chi connectivity index (χ0) is 28.8. The molecule has 0 radical (unpaired) electrons. The minimum Gasteiger partial charge on any atom is -0.437 e. The number of furan rings is 1. The zero-order valence-electron chi connectivity index (χ0n) is 25.7. The van der Waals surface area contributed by atoms with Crippen molar-refractivity contribution in [2.75, 3.05) is 0 Å². The molecule has 3 nitrogen and oxygen atoms in total. The maximum Gasteiger partial charge on any atom is 0.227 e. The fourth-order valence-electron chi connectivity index (χ4n) is 4.73. The highest BCUT2D eigenvalue weighted by molar-refractivity contribution is 6.13. The summed E-state index contributed by atoms with van der Waals surface area (Å²) in [5, 5.41) is 3.83. The molecule has 3 heteroatoms. The summed E-state index contributed by atoms with van der Waals surface area (Å²) in [5.41, 5.74) is 4.25. The maximum absolute atomic E-state index is 8.56. The van der Waals surface area contributed by atoms with Crippen molar-refractivity contribution in [2.24, 2.45) is 7.05 Å². The van der Waals surface area contributed by atoms with Gasteiger partial charge in [0.25, 0.3) is 0 Å². The van der Waals surface area contributed by atoms with Crippen molar-refractivity contribution in [1.29, 1.82) is 0 Å².